The monoisotopic (exact) mass is 165 g/mol. The van der Waals surface area contributed by atoms with Crippen molar-refractivity contribution in [2.45, 2.75) is 6.92 Å². The van der Waals surface area contributed by atoms with Crippen molar-refractivity contribution in [3.63, 3.8) is 0 Å². The minimum atomic E-state index is -0.344. The second-order valence-corrected chi connectivity index (χ2v) is 2.71. The number of aromatic amines is 1. The van der Waals surface area contributed by atoms with Crippen molar-refractivity contribution in [1.29, 1.82) is 0 Å². The van der Waals surface area contributed by atoms with Crippen molar-refractivity contribution in [3.05, 3.63) is 23.8 Å². The number of hydrogen-bond acceptors (Lipinski definition) is 2. The number of benzene rings is 1. The molecule has 1 heterocycles. The number of anilines is 1. The number of imidazole rings is 1. The van der Waals surface area contributed by atoms with E-state index in [-0.39, 0.29) is 5.82 Å². The molecule has 1 aromatic heterocycles. The van der Waals surface area contributed by atoms with Gasteiger partial charge in [0.15, 0.2) is 0 Å². The molecule has 0 unspecified atom stereocenters. The van der Waals surface area contributed by atoms with Gasteiger partial charge in [-0.05, 0) is 19.1 Å². The van der Waals surface area contributed by atoms with Gasteiger partial charge in [0, 0.05) is 0 Å². The smallest absolute Gasteiger partial charge is 0.127 e. The van der Waals surface area contributed by atoms with Crippen LogP contribution in [-0.2, 0) is 0 Å². The number of aryl methyl sites for hydroxylation is 1. The van der Waals surface area contributed by atoms with Crippen LogP contribution in [0.2, 0.25) is 0 Å². The van der Waals surface area contributed by atoms with E-state index >= 15 is 0 Å². The SMILES string of the molecule is Cc1nc2c(N)cc(F)cc2[nH]1. The molecule has 62 valence electrons. The molecule has 0 aliphatic rings. The zero-order valence-electron chi connectivity index (χ0n) is 6.56. The summed E-state index contributed by atoms with van der Waals surface area (Å²) < 4.78 is 12.8. The van der Waals surface area contributed by atoms with E-state index in [1.54, 1.807) is 6.92 Å². The highest BCUT2D eigenvalue weighted by Gasteiger charge is 2.04. The fraction of sp³-hybridized carbons (Fsp3) is 0.125. The molecule has 0 bridgehead atoms. The van der Waals surface area contributed by atoms with Gasteiger partial charge >= 0.3 is 0 Å². The van der Waals surface area contributed by atoms with Crippen molar-refractivity contribution in [3.8, 4) is 0 Å². The predicted molar refractivity (Wildman–Crippen MR) is 45.2 cm³/mol. The van der Waals surface area contributed by atoms with Crippen LogP contribution in [0.4, 0.5) is 10.1 Å². The van der Waals surface area contributed by atoms with E-state index in [0.29, 0.717) is 16.7 Å². The third-order valence-corrected chi connectivity index (χ3v) is 1.70. The van der Waals surface area contributed by atoms with E-state index in [1.165, 1.54) is 12.1 Å². The summed E-state index contributed by atoms with van der Waals surface area (Å²) in [6.45, 7) is 1.80. The Hall–Kier alpha value is -1.58. The summed E-state index contributed by atoms with van der Waals surface area (Å²) in [4.78, 5) is 7.02. The molecule has 0 aliphatic carbocycles. The normalized spacial score (nSPS) is 10.8. The van der Waals surface area contributed by atoms with Gasteiger partial charge in [0.2, 0.25) is 0 Å². The number of hydrogen-bond donors (Lipinski definition) is 2. The fourth-order valence-corrected chi connectivity index (χ4v) is 1.23. The number of nitrogens with two attached hydrogens (primary N) is 1. The zero-order valence-corrected chi connectivity index (χ0v) is 6.56. The van der Waals surface area contributed by atoms with Crippen LogP contribution in [0.1, 0.15) is 5.82 Å². The molecule has 0 saturated heterocycles. The van der Waals surface area contributed by atoms with Gasteiger partial charge in [-0.15, -0.1) is 0 Å². The van der Waals surface area contributed by atoms with Crippen LogP contribution in [0.3, 0.4) is 0 Å². The van der Waals surface area contributed by atoms with Crippen molar-refractivity contribution < 1.29 is 4.39 Å². The Morgan fingerprint density at radius 2 is 2.25 bits per heavy atom. The number of nitrogens with one attached hydrogen (secondary N) is 1. The number of aromatic nitrogens is 2. The number of rotatable bonds is 0. The molecule has 1 aromatic carbocycles. The number of nitrogens with zero attached hydrogens (tertiary/aromatic N) is 1. The summed E-state index contributed by atoms with van der Waals surface area (Å²) >= 11 is 0. The standard InChI is InChI=1S/C8H8FN3/c1-4-11-7-3-5(9)2-6(10)8(7)12-4/h2-3H,10H2,1H3,(H,11,12). The van der Waals surface area contributed by atoms with Gasteiger partial charge in [-0.1, -0.05) is 0 Å². The third-order valence-electron chi connectivity index (χ3n) is 1.70. The maximum Gasteiger partial charge on any atom is 0.127 e. The highest BCUT2D eigenvalue weighted by Crippen LogP contribution is 2.19. The van der Waals surface area contributed by atoms with Crippen LogP contribution in [0.15, 0.2) is 12.1 Å². The molecule has 0 fully saturated rings. The van der Waals surface area contributed by atoms with Crippen molar-refractivity contribution >= 4 is 16.7 Å². The van der Waals surface area contributed by atoms with Crippen LogP contribution in [0.25, 0.3) is 11.0 Å². The molecule has 2 rings (SSSR count). The van der Waals surface area contributed by atoms with E-state index in [0.717, 1.165) is 5.82 Å². The Balaban J connectivity index is 2.88. The number of fused-ring (bicyclic) bond motifs is 1. The molecule has 0 spiro atoms. The average Bonchev–Trinajstić information content (AvgIpc) is 2.29. The van der Waals surface area contributed by atoms with Gasteiger partial charge < -0.3 is 10.7 Å². The lowest BCUT2D eigenvalue weighted by molar-refractivity contribution is 0.630. The van der Waals surface area contributed by atoms with Gasteiger partial charge in [0.05, 0.1) is 11.2 Å². The Kier molecular flexibility index (Phi) is 1.30. The molecule has 0 radical (unpaired) electrons. The van der Waals surface area contributed by atoms with Gasteiger partial charge in [0.25, 0.3) is 0 Å². The van der Waals surface area contributed by atoms with Crippen LogP contribution in [0, 0.1) is 12.7 Å². The summed E-state index contributed by atoms with van der Waals surface area (Å²) in [5.41, 5.74) is 7.19. The van der Waals surface area contributed by atoms with Gasteiger partial charge in [-0.3, -0.25) is 0 Å². The van der Waals surface area contributed by atoms with Gasteiger partial charge in [-0.2, -0.15) is 0 Å². The molecule has 0 aliphatic heterocycles. The lowest BCUT2D eigenvalue weighted by Crippen LogP contribution is -1.87. The lowest BCUT2D eigenvalue weighted by atomic mass is 10.2. The lowest BCUT2D eigenvalue weighted by Gasteiger charge is -1.93. The van der Waals surface area contributed by atoms with Crippen LogP contribution < -0.4 is 5.73 Å². The second kappa shape index (κ2) is 2.20. The molecule has 3 nitrogen and oxygen atoms in total. The summed E-state index contributed by atoms with van der Waals surface area (Å²) in [6, 6.07) is 2.65. The predicted octanol–water partition coefficient (Wildman–Crippen LogP) is 1.59. The van der Waals surface area contributed by atoms with Crippen molar-refractivity contribution in [2.75, 3.05) is 5.73 Å². The third kappa shape index (κ3) is 0.922. The Labute approximate surface area is 68.4 Å². The maximum atomic E-state index is 12.8. The minimum absolute atomic E-state index is 0.344. The first-order valence-corrected chi connectivity index (χ1v) is 3.58. The van der Waals surface area contributed by atoms with Crippen molar-refractivity contribution in [1.82, 2.24) is 9.97 Å². The second-order valence-electron chi connectivity index (χ2n) is 2.71. The molecule has 2 aromatic rings. The number of halogens is 1. The quantitative estimate of drug-likeness (QED) is 0.582. The zero-order chi connectivity index (χ0) is 8.72. The molecule has 0 amide bonds. The van der Waals surface area contributed by atoms with Gasteiger partial charge in [0.1, 0.15) is 17.2 Å². The summed E-state index contributed by atoms with van der Waals surface area (Å²) in [7, 11) is 0. The average molecular weight is 165 g/mol. The fourth-order valence-electron chi connectivity index (χ4n) is 1.23. The molecule has 12 heavy (non-hydrogen) atoms. The first-order valence-electron chi connectivity index (χ1n) is 3.58. The Morgan fingerprint density at radius 1 is 1.50 bits per heavy atom. The molecular formula is C8H8FN3. The summed E-state index contributed by atoms with van der Waals surface area (Å²) in [5, 5.41) is 0. The largest absolute Gasteiger partial charge is 0.397 e. The van der Waals surface area contributed by atoms with Crippen LogP contribution >= 0.6 is 0 Å². The van der Waals surface area contributed by atoms with Crippen LogP contribution in [0.5, 0.6) is 0 Å². The van der Waals surface area contributed by atoms with Gasteiger partial charge in [-0.25, -0.2) is 9.37 Å². The van der Waals surface area contributed by atoms with Crippen LogP contribution in [-0.4, -0.2) is 9.97 Å². The topological polar surface area (TPSA) is 54.7 Å². The maximum absolute atomic E-state index is 12.8. The highest BCUT2D eigenvalue weighted by molar-refractivity contribution is 5.86. The number of nitrogen functional groups attached to an aromatic ring is 1. The first kappa shape index (κ1) is 7.09. The highest BCUT2D eigenvalue weighted by atomic mass is 19.1. The molecule has 0 atom stereocenters. The Bertz CT molecular complexity index is 433. The van der Waals surface area contributed by atoms with E-state index in [1.807, 2.05) is 0 Å². The van der Waals surface area contributed by atoms with Crippen molar-refractivity contribution in [2.24, 2.45) is 0 Å². The molecule has 0 saturated carbocycles. The molecule has 4 heteroatoms. The Morgan fingerprint density at radius 3 is 3.00 bits per heavy atom. The first-order chi connectivity index (χ1) is 5.66. The summed E-state index contributed by atoms with van der Waals surface area (Å²) in [6.07, 6.45) is 0. The van der Waals surface area contributed by atoms with E-state index < -0.39 is 0 Å². The van der Waals surface area contributed by atoms with E-state index in [2.05, 4.69) is 9.97 Å². The minimum Gasteiger partial charge on any atom is -0.397 e. The van der Waals surface area contributed by atoms with E-state index in [9.17, 15) is 4.39 Å². The number of H-pyrrole nitrogens is 1. The molecular weight excluding hydrogens is 157 g/mol. The summed E-state index contributed by atoms with van der Waals surface area (Å²) in [5.74, 6) is 0.394. The molecule has 3 N–H and O–H groups in total. The van der Waals surface area contributed by atoms with E-state index in [4.69, 9.17) is 5.73 Å².